The highest BCUT2D eigenvalue weighted by molar-refractivity contribution is 5.47. The Hall–Kier alpha value is -1.13. The zero-order valence-electron chi connectivity index (χ0n) is 12.8. The van der Waals surface area contributed by atoms with E-state index < -0.39 is 0 Å². The van der Waals surface area contributed by atoms with Crippen molar-refractivity contribution in [1.29, 1.82) is 0 Å². The van der Waals surface area contributed by atoms with Gasteiger partial charge in [0, 0.05) is 18.6 Å². The summed E-state index contributed by atoms with van der Waals surface area (Å²) in [5, 5.41) is 12.8. The average molecular weight is 282 g/mol. The van der Waals surface area contributed by atoms with Crippen LogP contribution in [0, 0.1) is 5.82 Å². The van der Waals surface area contributed by atoms with Crippen molar-refractivity contribution in [1.82, 2.24) is 5.32 Å². The molecule has 0 saturated carbocycles. The van der Waals surface area contributed by atoms with Gasteiger partial charge in [0.1, 0.15) is 5.82 Å². The Bertz CT molecular complexity index is 400. The van der Waals surface area contributed by atoms with Gasteiger partial charge >= 0.3 is 0 Å². The number of likely N-dealkylation sites (N-methyl/N-ethyl adjacent to an activating group) is 1. The molecule has 0 spiro atoms. The largest absolute Gasteiger partial charge is 0.394 e. The van der Waals surface area contributed by atoms with Gasteiger partial charge in [-0.3, -0.25) is 0 Å². The number of aliphatic hydroxyl groups is 1. The number of anilines is 1. The first-order valence-electron chi connectivity index (χ1n) is 7.41. The average Bonchev–Trinajstić information content (AvgIpc) is 2.45. The maximum absolute atomic E-state index is 13.8. The SMILES string of the molecule is CCNC(C)(CO)CCCN(CC)c1ccccc1F. The van der Waals surface area contributed by atoms with E-state index in [4.69, 9.17) is 0 Å². The molecule has 1 unspecified atom stereocenters. The second-order valence-electron chi connectivity index (χ2n) is 5.38. The molecule has 0 heterocycles. The van der Waals surface area contributed by atoms with E-state index in [1.807, 2.05) is 37.8 Å². The number of benzene rings is 1. The van der Waals surface area contributed by atoms with Gasteiger partial charge in [0.25, 0.3) is 0 Å². The van der Waals surface area contributed by atoms with Gasteiger partial charge in [-0.1, -0.05) is 19.1 Å². The fourth-order valence-corrected chi connectivity index (χ4v) is 2.47. The predicted octanol–water partition coefficient (Wildman–Crippen LogP) is 2.79. The van der Waals surface area contributed by atoms with Gasteiger partial charge in [-0.2, -0.15) is 0 Å². The molecule has 0 fully saturated rings. The van der Waals surface area contributed by atoms with Crippen LogP contribution in [0.15, 0.2) is 24.3 Å². The predicted molar refractivity (Wildman–Crippen MR) is 82.7 cm³/mol. The first-order valence-corrected chi connectivity index (χ1v) is 7.41. The summed E-state index contributed by atoms with van der Waals surface area (Å²) in [6.45, 7) is 8.61. The summed E-state index contributed by atoms with van der Waals surface area (Å²) in [5.74, 6) is -0.175. The van der Waals surface area contributed by atoms with Crippen LogP contribution in [0.2, 0.25) is 0 Å². The number of aliphatic hydroxyl groups excluding tert-OH is 1. The normalized spacial score (nSPS) is 14.1. The van der Waals surface area contributed by atoms with Crippen molar-refractivity contribution < 1.29 is 9.50 Å². The summed E-state index contributed by atoms with van der Waals surface area (Å²) in [7, 11) is 0. The first kappa shape index (κ1) is 16.9. The van der Waals surface area contributed by atoms with Crippen LogP contribution in [0.5, 0.6) is 0 Å². The van der Waals surface area contributed by atoms with Gasteiger partial charge in [0.15, 0.2) is 0 Å². The topological polar surface area (TPSA) is 35.5 Å². The van der Waals surface area contributed by atoms with E-state index in [2.05, 4.69) is 5.32 Å². The van der Waals surface area contributed by atoms with Crippen LogP contribution in [0.4, 0.5) is 10.1 Å². The van der Waals surface area contributed by atoms with Crippen molar-refractivity contribution in [2.24, 2.45) is 0 Å². The number of hydrogen-bond donors (Lipinski definition) is 2. The highest BCUT2D eigenvalue weighted by Gasteiger charge is 2.21. The lowest BCUT2D eigenvalue weighted by Gasteiger charge is -2.30. The molecule has 0 saturated heterocycles. The van der Waals surface area contributed by atoms with Gasteiger partial charge in [0.05, 0.1) is 12.3 Å². The summed E-state index contributed by atoms with van der Waals surface area (Å²) >= 11 is 0. The molecular formula is C16H27FN2O. The molecule has 0 aromatic heterocycles. The minimum atomic E-state index is -0.247. The van der Waals surface area contributed by atoms with Crippen LogP contribution in [0.1, 0.15) is 33.6 Å². The van der Waals surface area contributed by atoms with Crippen LogP contribution >= 0.6 is 0 Å². The fraction of sp³-hybridized carbons (Fsp3) is 0.625. The summed E-state index contributed by atoms with van der Waals surface area (Å²) in [6.07, 6.45) is 1.77. The first-order chi connectivity index (χ1) is 9.56. The molecule has 1 rings (SSSR count). The standard InChI is InChI=1S/C16H27FN2O/c1-4-18-16(3,13-20)11-8-12-19(5-2)15-10-7-6-9-14(15)17/h6-7,9-10,18,20H,4-5,8,11-13H2,1-3H3. The van der Waals surface area contributed by atoms with Gasteiger partial charge in [-0.05, 0) is 45.4 Å². The maximum atomic E-state index is 13.8. The zero-order chi connectivity index (χ0) is 15.0. The van der Waals surface area contributed by atoms with Crippen molar-refractivity contribution in [3.05, 3.63) is 30.1 Å². The van der Waals surface area contributed by atoms with Gasteiger partial charge in [-0.25, -0.2) is 4.39 Å². The molecule has 3 nitrogen and oxygen atoms in total. The Morgan fingerprint density at radius 1 is 1.30 bits per heavy atom. The maximum Gasteiger partial charge on any atom is 0.146 e. The molecule has 4 heteroatoms. The summed E-state index contributed by atoms with van der Waals surface area (Å²) < 4.78 is 13.8. The number of halogens is 1. The molecule has 0 aliphatic heterocycles. The highest BCUT2D eigenvalue weighted by Crippen LogP contribution is 2.20. The summed E-state index contributed by atoms with van der Waals surface area (Å²) in [5.41, 5.74) is 0.410. The molecule has 0 amide bonds. The molecule has 114 valence electrons. The van der Waals surface area contributed by atoms with Gasteiger partial charge < -0.3 is 15.3 Å². The number of nitrogens with one attached hydrogen (secondary N) is 1. The Balaban J connectivity index is 2.56. The van der Waals surface area contributed by atoms with Gasteiger partial charge in [-0.15, -0.1) is 0 Å². The minimum Gasteiger partial charge on any atom is -0.394 e. The van der Waals surface area contributed by atoms with Crippen LogP contribution in [0.3, 0.4) is 0 Å². The third-order valence-corrected chi connectivity index (χ3v) is 3.68. The lowest BCUT2D eigenvalue weighted by molar-refractivity contribution is 0.166. The van der Waals surface area contributed by atoms with E-state index in [1.165, 1.54) is 6.07 Å². The quantitative estimate of drug-likeness (QED) is 0.731. The van der Waals surface area contributed by atoms with Gasteiger partial charge in [0.2, 0.25) is 0 Å². The lowest BCUT2D eigenvalue weighted by atomic mass is 9.96. The minimum absolute atomic E-state index is 0.118. The zero-order valence-corrected chi connectivity index (χ0v) is 12.8. The van der Waals surface area contributed by atoms with Crippen LogP contribution in [0.25, 0.3) is 0 Å². The smallest absolute Gasteiger partial charge is 0.146 e. The third kappa shape index (κ3) is 4.76. The molecule has 0 bridgehead atoms. The number of rotatable bonds is 9. The second kappa shape index (κ2) is 8.22. The lowest BCUT2D eigenvalue weighted by Crippen LogP contribution is -2.46. The van der Waals surface area contributed by atoms with E-state index in [0.29, 0.717) is 5.69 Å². The van der Waals surface area contributed by atoms with Crippen LogP contribution in [-0.2, 0) is 0 Å². The van der Waals surface area contributed by atoms with E-state index in [9.17, 15) is 9.50 Å². The number of para-hydroxylation sites is 1. The molecule has 1 aromatic rings. The molecule has 1 atom stereocenters. The van der Waals surface area contributed by atoms with E-state index in [-0.39, 0.29) is 18.0 Å². The molecule has 0 radical (unpaired) electrons. The van der Waals surface area contributed by atoms with Crippen LogP contribution in [-0.4, -0.2) is 36.9 Å². The number of hydrogen-bond acceptors (Lipinski definition) is 3. The Kier molecular flexibility index (Phi) is 6.96. The molecule has 0 aliphatic carbocycles. The third-order valence-electron chi connectivity index (χ3n) is 3.68. The van der Waals surface area contributed by atoms with E-state index in [1.54, 1.807) is 6.07 Å². The Labute approximate surface area is 121 Å². The Morgan fingerprint density at radius 2 is 2.00 bits per heavy atom. The van der Waals surface area contributed by atoms with Crippen LogP contribution < -0.4 is 10.2 Å². The fourth-order valence-electron chi connectivity index (χ4n) is 2.47. The van der Waals surface area contributed by atoms with Crippen molar-refractivity contribution in [2.45, 2.75) is 39.2 Å². The second-order valence-corrected chi connectivity index (χ2v) is 5.38. The molecule has 20 heavy (non-hydrogen) atoms. The molecule has 0 aliphatic rings. The summed E-state index contributed by atoms with van der Waals surface area (Å²) in [4.78, 5) is 2.04. The molecule has 1 aromatic carbocycles. The molecule has 2 N–H and O–H groups in total. The Morgan fingerprint density at radius 3 is 2.55 bits per heavy atom. The van der Waals surface area contributed by atoms with Crippen molar-refractivity contribution in [2.75, 3.05) is 31.1 Å². The van der Waals surface area contributed by atoms with Crippen molar-refractivity contribution >= 4 is 5.69 Å². The molecular weight excluding hydrogens is 255 g/mol. The monoisotopic (exact) mass is 282 g/mol. The number of nitrogens with zero attached hydrogens (tertiary/aromatic N) is 1. The van der Waals surface area contributed by atoms with E-state index >= 15 is 0 Å². The van der Waals surface area contributed by atoms with Crippen molar-refractivity contribution in [3.8, 4) is 0 Å². The summed E-state index contributed by atoms with van der Waals surface area (Å²) in [6, 6.07) is 6.88. The highest BCUT2D eigenvalue weighted by atomic mass is 19.1. The van der Waals surface area contributed by atoms with Crippen molar-refractivity contribution in [3.63, 3.8) is 0 Å². The van der Waals surface area contributed by atoms with E-state index in [0.717, 1.165) is 32.5 Å².